The van der Waals surface area contributed by atoms with Gasteiger partial charge in [-0.25, -0.2) is 0 Å². The Morgan fingerprint density at radius 1 is 0.682 bits per heavy atom. The maximum atomic E-state index is 2.38. The molecule has 0 saturated carbocycles. The van der Waals surface area contributed by atoms with Crippen molar-refractivity contribution in [1.29, 1.82) is 0 Å². The molecule has 0 spiro atoms. The van der Waals surface area contributed by atoms with Crippen LogP contribution in [0.2, 0.25) is 0 Å². The van der Waals surface area contributed by atoms with Crippen LogP contribution in [0, 0.1) is 0 Å². The van der Waals surface area contributed by atoms with Crippen LogP contribution in [0.5, 0.6) is 0 Å². The molecule has 1 aliphatic rings. The molecule has 0 aromatic heterocycles. The molecule has 4 rings (SSSR count). The summed E-state index contributed by atoms with van der Waals surface area (Å²) < 4.78 is 0. The van der Waals surface area contributed by atoms with Crippen molar-refractivity contribution in [2.24, 2.45) is 0 Å². The minimum atomic E-state index is 0.0760. The van der Waals surface area contributed by atoms with E-state index in [4.69, 9.17) is 0 Å². The Morgan fingerprint density at radius 2 is 1.32 bits per heavy atom. The number of hydrogen-bond donors (Lipinski definition) is 0. The van der Waals surface area contributed by atoms with Crippen molar-refractivity contribution in [2.45, 2.75) is 19.3 Å². The average molecular weight is 282 g/mol. The zero-order chi connectivity index (χ0) is 15.3. The summed E-state index contributed by atoms with van der Waals surface area (Å²) >= 11 is 0. The molecule has 3 aromatic rings. The van der Waals surface area contributed by atoms with Crippen LogP contribution < -0.4 is 5.46 Å². The molecule has 0 unspecified atom stereocenters. The van der Waals surface area contributed by atoms with Crippen molar-refractivity contribution in [3.63, 3.8) is 0 Å². The number of fused-ring (bicyclic) bond motifs is 3. The molecule has 0 bridgehead atoms. The lowest BCUT2D eigenvalue weighted by Crippen LogP contribution is -2.14. The number of benzene rings is 3. The van der Waals surface area contributed by atoms with Crippen molar-refractivity contribution in [2.75, 3.05) is 0 Å². The van der Waals surface area contributed by atoms with E-state index in [1.54, 1.807) is 0 Å². The van der Waals surface area contributed by atoms with Gasteiger partial charge in [0.2, 0.25) is 0 Å². The van der Waals surface area contributed by atoms with Gasteiger partial charge in [0.05, 0.1) is 0 Å². The third-order valence-electron chi connectivity index (χ3n) is 4.97. The largest absolute Gasteiger partial charge is 0.139 e. The van der Waals surface area contributed by atoms with E-state index in [0.717, 1.165) is 0 Å². The summed E-state index contributed by atoms with van der Waals surface area (Å²) in [6.45, 7) is 4.66. The Morgan fingerprint density at radius 3 is 2.09 bits per heavy atom. The van der Waals surface area contributed by atoms with Crippen molar-refractivity contribution >= 4 is 13.3 Å². The first kappa shape index (κ1) is 13.4. The second-order valence-electron chi connectivity index (χ2n) is 6.80. The Bertz CT molecular complexity index is 857. The van der Waals surface area contributed by atoms with Gasteiger partial charge < -0.3 is 0 Å². The summed E-state index contributed by atoms with van der Waals surface area (Å²) in [5.74, 6) is 0. The zero-order valence-corrected chi connectivity index (χ0v) is 13.4. The van der Waals surface area contributed by atoms with Crippen LogP contribution in [0.25, 0.3) is 22.3 Å². The minimum Gasteiger partial charge on any atom is -0.0889 e. The molecule has 1 heteroatoms. The second-order valence-corrected chi connectivity index (χ2v) is 6.80. The summed E-state index contributed by atoms with van der Waals surface area (Å²) in [5.41, 5.74) is 9.62. The lowest BCUT2D eigenvalue weighted by atomic mass is 9.81. The van der Waals surface area contributed by atoms with Gasteiger partial charge in [-0.2, -0.15) is 0 Å². The fourth-order valence-electron chi connectivity index (χ4n) is 3.63. The zero-order valence-electron chi connectivity index (χ0n) is 13.4. The van der Waals surface area contributed by atoms with Gasteiger partial charge in [-0.3, -0.25) is 0 Å². The van der Waals surface area contributed by atoms with E-state index in [9.17, 15) is 0 Å². The topological polar surface area (TPSA) is 0 Å². The third kappa shape index (κ3) is 1.85. The highest BCUT2D eigenvalue weighted by Crippen LogP contribution is 2.49. The SMILES string of the molecule is Bc1ccc(-c2ccc3c(c2)C(C)(C)c2ccccc2-3)cc1. The predicted octanol–water partition coefficient (Wildman–Crippen LogP) is 3.92. The van der Waals surface area contributed by atoms with Crippen LogP contribution in [-0.4, -0.2) is 7.85 Å². The maximum Gasteiger partial charge on any atom is 0.139 e. The summed E-state index contributed by atoms with van der Waals surface area (Å²) in [7, 11) is 2.13. The molecule has 0 radical (unpaired) electrons. The van der Waals surface area contributed by atoms with Gasteiger partial charge in [0.1, 0.15) is 7.85 Å². The van der Waals surface area contributed by atoms with Crippen LogP contribution in [0.1, 0.15) is 25.0 Å². The van der Waals surface area contributed by atoms with Crippen molar-refractivity contribution in [3.05, 3.63) is 77.9 Å². The van der Waals surface area contributed by atoms with Crippen molar-refractivity contribution in [3.8, 4) is 22.3 Å². The van der Waals surface area contributed by atoms with Crippen molar-refractivity contribution in [1.82, 2.24) is 0 Å². The molecular formula is C21H19B. The van der Waals surface area contributed by atoms with Gasteiger partial charge >= 0.3 is 0 Å². The van der Waals surface area contributed by atoms with E-state index in [0.29, 0.717) is 0 Å². The quantitative estimate of drug-likeness (QED) is 0.593. The maximum absolute atomic E-state index is 2.38. The molecule has 3 aromatic carbocycles. The highest BCUT2D eigenvalue weighted by Gasteiger charge is 2.35. The lowest BCUT2D eigenvalue weighted by molar-refractivity contribution is 0.660. The highest BCUT2D eigenvalue weighted by molar-refractivity contribution is 6.32. The molecule has 0 heterocycles. The van der Waals surface area contributed by atoms with E-state index >= 15 is 0 Å². The summed E-state index contributed by atoms with van der Waals surface area (Å²) in [6, 6.07) is 24.5. The normalized spacial score (nSPS) is 14.5. The summed E-state index contributed by atoms with van der Waals surface area (Å²) in [5, 5.41) is 0. The number of rotatable bonds is 1. The predicted molar refractivity (Wildman–Crippen MR) is 97.6 cm³/mol. The first-order chi connectivity index (χ1) is 10.6. The van der Waals surface area contributed by atoms with Crippen LogP contribution in [0.4, 0.5) is 0 Å². The third-order valence-corrected chi connectivity index (χ3v) is 4.97. The van der Waals surface area contributed by atoms with Gasteiger partial charge in [0, 0.05) is 5.41 Å². The molecule has 0 saturated heterocycles. The Labute approximate surface area is 133 Å². The fraction of sp³-hybridized carbons (Fsp3) is 0.143. The summed E-state index contributed by atoms with van der Waals surface area (Å²) in [4.78, 5) is 0. The Hall–Kier alpha value is -2.28. The Kier molecular flexibility index (Phi) is 2.81. The highest BCUT2D eigenvalue weighted by atomic mass is 14.4. The van der Waals surface area contributed by atoms with Gasteiger partial charge in [-0.15, -0.1) is 0 Å². The van der Waals surface area contributed by atoms with E-state index in [1.807, 2.05) is 0 Å². The smallest absolute Gasteiger partial charge is 0.0889 e. The minimum absolute atomic E-state index is 0.0760. The van der Waals surface area contributed by atoms with E-state index in [2.05, 4.69) is 88.4 Å². The monoisotopic (exact) mass is 282 g/mol. The van der Waals surface area contributed by atoms with Crippen LogP contribution >= 0.6 is 0 Å². The average Bonchev–Trinajstić information content (AvgIpc) is 2.77. The lowest BCUT2D eigenvalue weighted by Gasteiger charge is -2.22. The Balaban J connectivity index is 1.90. The van der Waals surface area contributed by atoms with Gasteiger partial charge in [-0.05, 0) is 39.4 Å². The van der Waals surface area contributed by atoms with E-state index < -0.39 is 0 Å². The molecule has 0 nitrogen and oxygen atoms in total. The molecular weight excluding hydrogens is 263 g/mol. The molecule has 0 aliphatic heterocycles. The fourth-order valence-corrected chi connectivity index (χ4v) is 3.63. The molecule has 1 aliphatic carbocycles. The van der Waals surface area contributed by atoms with E-state index in [-0.39, 0.29) is 5.41 Å². The van der Waals surface area contributed by atoms with Gasteiger partial charge in [0.25, 0.3) is 0 Å². The van der Waals surface area contributed by atoms with Crippen LogP contribution in [0.3, 0.4) is 0 Å². The van der Waals surface area contributed by atoms with E-state index in [1.165, 1.54) is 38.8 Å². The van der Waals surface area contributed by atoms with Gasteiger partial charge in [-0.1, -0.05) is 80.0 Å². The van der Waals surface area contributed by atoms with Crippen LogP contribution in [0.15, 0.2) is 66.7 Å². The summed E-state index contributed by atoms with van der Waals surface area (Å²) in [6.07, 6.45) is 0. The second kappa shape index (κ2) is 4.61. The first-order valence-corrected chi connectivity index (χ1v) is 7.89. The standard InChI is InChI=1S/C21H19B/c1-21(2)19-6-4-3-5-17(19)18-12-9-15(13-20(18)21)14-7-10-16(22)11-8-14/h3-13H,22H2,1-2H3. The molecule has 22 heavy (non-hydrogen) atoms. The molecule has 106 valence electrons. The number of hydrogen-bond acceptors (Lipinski definition) is 0. The van der Waals surface area contributed by atoms with Crippen LogP contribution in [-0.2, 0) is 5.41 Å². The molecule has 0 N–H and O–H groups in total. The molecule has 0 atom stereocenters. The van der Waals surface area contributed by atoms with Crippen molar-refractivity contribution < 1.29 is 0 Å². The molecule has 0 amide bonds. The first-order valence-electron chi connectivity index (χ1n) is 7.89. The molecule has 0 fully saturated rings. The van der Waals surface area contributed by atoms with Gasteiger partial charge in [0.15, 0.2) is 0 Å².